The lowest BCUT2D eigenvalue weighted by Crippen LogP contribution is -2.45. The quantitative estimate of drug-likeness (QED) is 0.814. The third kappa shape index (κ3) is 2.95. The lowest BCUT2D eigenvalue weighted by molar-refractivity contribution is 0.166. The van der Waals surface area contributed by atoms with Gasteiger partial charge in [-0.2, -0.15) is 5.10 Å². The summed E-state index contributed by atoms with van der Waals surface area (Å²) in [6.07, 6.45) is 3.74. The molecule has 94 valence electrons. The fourth-order valence-corrected chi connectivity index (χ4v) is 2.14. The highest BCUT2D eigenvalue weighted by molar-refractivity contribution is 5.74. The standard InChI is InChI=1S/C11H19N5O/c1-8-4-3-5-16(6-8)11(17)14-9(2)10-12-7-13-15-10/h7-9H,3-6H2,1-2H3,(H,14,17)(H,12,13,15). The molecule has 1 aromatic heterocycles. The van der Waals surface area contributed by atoms with Crippen molar-refractivity contribution >= 4 is 6.03 Å². The number of nitrogens with one attached hydrogen (secondary N) is 2. The maximum absolute atomic E-state index is 12.0. The topological polar surface area (TPSA) is 73.9 Å². The average molecular weight is 237 g/mol. The minimum atomic E-state index is -0.137. The molecule has 1 aliphatic rings. The number of hydrogen-bond acceptors (Lipinski definition) is 3. The van der Waals surface area contributed by atoms with Gasteiger partial charge in [0.15, 0.2) is 0 Å². The molecular weight excluding hydrogens is 218 g/mol. The van der Waals surface area contributed by atoms with Crippen molar-refractivity contribution in [1.82, 2.24) is 25.4 Å². The summed E-state index contributed by atoms with van der Waals surface area (Å²) >= 11 is 0. The Hall–Kier alpha value is -1.59. The number of hydrogen-bond donors (Lipinski definition) is 2. The van der Waals surface area contributed by atoms with Gasteiger partial charge in [0, 0.05) is 13.1 Å². The molecule has 17 heavy (non-hydrogen) atoms. The Labute approximate surface area is 101 Å². The fourth-order valence-electron chi connectivity index (χ4n) is 2.14. The molecule has 0 spiro atoms. The summed E-state index contributed by atoms with van der Waals surface area (Å²) in [5.74, 6) is 1.28. The maximum atomic E-state index is 12.0. The molecule has 1 fully saturated rings. The molecule has 1 aliphatic heterocycles. The lowest BCUT2D eigenvalue weighted by atomic mass is 10.0. The molecule has 2 atom stereocenters. The third-order valence-corrected chi connectivity index (χ3v) is 3.13. The SMILES string of the molecule is CC1CCCN(C(=O)NC(C)c2ncn[nH]2)C1. The molecule has 6 heteroatoms. The first-order chi connectivity index (χ1) is 8.16. The van der Waals surface area contributed by atoms with Gasteiger partial charge in [-0.15, -0.1) is 0 Å². The van der Waals surface area contributed by atoms with Crippen LogP contribution in [0.4, 0.5) is 4.79 Å². The first-order valence-corrected chi connectivity index (χ1v) is 6.07. The van der Waals surface area contributed by atoms with Crippen molar-refractivity contribution in [3.63, 3.8) is 0 Å². The van der Waals surface area contributed by atoms with Crippen molar-refractivity contribution < 1.29 is 4.79 Å². The number of urea groups is 1. The number of amides is 2. The molecule has 2 unspecified atom stereocenters. The smallest absolute Gasteiger partial charge is 0.317 e. The summed E-state index contributed by atoms with van der Waals surface area (Å²) < 4.78 is 0. The zero-order chi connectivity index (χ0) is 12.3. The van der Waals surface area contributed by atoms with E-state index in [1.807, 2.05) is 11.8 Å². The molecule has 2 amide bonds. The molecule has 1 aromatic rings. The Morgan fingerprint density at radius 3 is 3.18 bits per heavy atom. The van der Waals surface area contributed by atoms with Gasteiger partial charge in [-0.25, -0.2) is 9.78 Å². The number of carbonyl (C=O) groups excluding carboxylic acids is 1. The van der Waals surface area contributed by atoms with Crippen LogP contribution >= 0.6 is 0 Å². The van der Waals surface area contributed by atoms with Gasteiger partial charge < -0.3 is 10.2 Å². The van der Waals surface area contributed by atoms with Crippen LogP contribution in [0.25, 0.3) is 0 Å². The molecule has 0 aliphatic carbocycles. The van der Waals surface area contributed by atoms with Crippen molar-refractivity contribution in [2.75, 3.05) is 13.1 Å². The van der Waals surface area contributed by atoms with Crippen LogP contribution in [-0.4, -0.2) is 39.2 Å². The van der Waals surface area contributed by atoms with E-state index in [4.69, 9.17) is 0 Å². The van der Waals surface area contributed by atoms with Gasteiger partial charge >= 0.3 is 6.03 Å². The zero-order valence-corrected chi connectivity index (χ0v) is 10.3. The van der Waals surface area contributed by atoms with Crippen LogP contribution < -0.4 is 5.32 Å². The number of carbonyl (C=O) groups is 1. The molecular formula is C11H19N5O. The van der Waals surface area contributed by atoms with Crippen LogP contribution in [0.15, 0.2) is 6.33 Å². The molecule has 0 bridgehead atoms. The van der Waals surface area contributed by atoms with E-state index in [1.165, 1.54) is 12.7 Å². The number of nitrogens with zero attached hydrogens (tertiary/aromatic N) is 3. The molecule has 0 aromatic carbocycles. The van der Waals surface area contributed by atoms with E-state index in [-0.39, 0.29) is 12.1 Å². The molecule has 1 saturated heterocycles. The predicted octanol–water partition coefficient (Wildman–Crippen LogP) is 1.31. The number of aromatic nitrogens is 3. The van der Waals surface area contributed by atoms with Crippen LogP contribution in [0.1, 0.15) is 38.6 Å². The van der Waals surface area contributed by atoms with Gasteiger partial charge in [0.2, 0.25) is 0 Å². The van der Waals surface area contributed by atoms with Crippen molar-refractivity contribution in [2.24, 2.45) is 5.92 Å². The Morgan fingerprint density at radius 2 is 2.53 bits per heavy atom. The molecule has 0 radical (unpaired) electrons. The van der Waals surface area contributed by atoms with Crippen molar-refractivity contribution in [2.45, 2.75) is 32.7 Å². The molecule has 0 saturated carbocycles. The van der Waals surface area contributed by atoms with E-state index in [2.05, 4.69) is 27.4 Å². The van der Waals surface area contributed by atoms with E-state index in [0.717, 1.165) is 19.5 Å². The highest BCUT2D eigenvalue weighted by Crippen LogP contribution is 2.16. The average Bonchev–Trinajstić information content (AvgIpc) is 2.82. The van der Waals surface area contributed by atoms with Crippen LogP contribution in [0.5, 0.6) is 0 Å². The fraction of sp³-hybridized carbons (Fsp3) is 0.727. The summed E-state index contributed by atoms with van der Waals surface area (Å²) in [7, 11) is 0. The number of rotatable bonds is 2. The lowest BCUT2D eigenvalue weighted by Gasteiger charge is -2.31. The van der Waals surface area contributed by atoms with Crippen LogP contribution in [0.3, 0.4) is 0 Å². The van der Waals surface area contributed by atoms with Gasteiger partial charge in [0.25, 0.3) is 0 Å². The maximum Gasteiger partial charge on any atom is 0.317 e. The van der Waals surface area contributed by atoms with Gasteiger partial charge in [0.1, 0.15) is 12.2 Å². The number of aromatic amines is 1. The van der Waals surface area contributed by atoms with Gasteiger partial charge in [-0.1, -0.05) is 6.92 Å². The van der Waals surface area contributed by atoms with Crippen molar-refractivity contribution in [1.29, 1.82) is 0 Å². The van der Waals surface area contributed by atoms with E-state index in [9.17, 15) is 4.79 Å². The Bertz CT molecular complexity index is 364. The van der Waals surface area contributed by atoms with Crippen molar-refractivity contribution in [3.8, 4) is 0 Å². The third-order valence-electron chi connectivity index (χ3n) is 3.13. The minimum Gasteiger partial charge on any atom is -0.328 e. The predicted molar refractivity (Wildman–Crippen MR) is 63.3 cm³/mol. The molecule has 6 nitrogen and oxygen atoms in total. The van der Waals surface area contributed by atoms with E-state index in [0.29, 0.717) is 11.7 Å². The van der Waals surface area contributed by atoms with Crippen LogP contribution in [-0.2, 0) is 0 Å². The summed E-state index contributed by atoms with van der Waals surface area (Å²) in [5, 5.41) is 9.46. The van der Waals surface area contributed by atoms with Crippen LogP contribution in [0.2, 0.25) is 0 Å². The van der Waals surface area contributed by atoms with E-state index in [1.54, 1.807) is 0 Å². The molecule has 2 heterocycles. The largest absolute Gasteiger partial charge is 0.328 e. The molecule has 2 rings (SSSR count). The highest BCUT2D eigenvalue weighted by Gasteiger charge is 2.22. The first-order valence-electron chi connectivity index (χ1n) is 6.07. The van der Waals surface area contributed by atoms with Crippen LogP contribution in [0, 0.1) is 5.92 Å². The summed E-state index contributed by atoms with van der Waals surface area (Å²) in [5.41, 5.74) is 0. The number of H-pyrrole nitrogens is 1. The van der Waals surface area contributed by atoms with Gasteiger partial charge in [-0.05, 0) is 25.7 Å². The Balaban J connectivity index is 1.88. The summed E-state index contributed by atoms with van der Waals surface area (Å²) in [6, 6.07) is -0.150. The molecule has 2 N–H and O–H groups in total. The number of piperidine rings is 1. The summed E-state index contributed by atoms with van der Waals surface area (Å²) in [6.45, 7) is 5.76. The second-order valence-corrected chi connectivity index (χ2v) is 4.74. The minimum absolute atomic E-state index is 0.0135. The first kappa shape index (κ1) is 11.9. The second-order valence-electron chi connectivity index (χ2n) is 4.74. The van der Waals surface area contributed by atoms with Crippen molar-refractivity contribution in [3.05, 3.63) is 12.2 Å². The monoisotopic (exact) mass is 237 g/mol. The highest BCUT2D eigenvalue weighted by atomic mass is 16.2. The Morgan fingerprint density at radius 1 is 1.71 bits per heavy atom. The second kappa shape index (κ2) is 5.16. The van der Waals surface area contributed by atoms with E-state index >= 15 is 0 Å². The zero-order valence-electron chi connectivity index (χ0n) is 10.3. The van der Waals surface area contributed by atoms with Gasteiger partial charge in [0.05, 0.1) is 6.04 Å². The summed E-state index contributed by atoms with van der Waals surface area (Å²) in [4.78, 5) is 17.9. The van der Waals surface area contributed by atoms with E-state index < -0.39 is 0 Å². The van der Waals surface area contributed by atoms with Gasteiger partial charge in [-0.3, -0.25) is 5.10 Å². The normalized spacial score (nSPS) is 22.2. The number of likely N-dealkylation sites (tertiary alicyclic amines) is 1. The Kier molecular flexibility index (Phi) is 3.61.